The smallest absolute Gasteiger partial charge is 0.222 e. The molecule has 0 saturated carbocycles. The molecule has 0 atom stereocenters. The van der Waals surface area contributed by atoms with E-state index in [2.05, 4.69) is 37.9 Å². The lowest BCUT2D eigenvalue weighted by molar-refractivity contribution is 0.311. The molecule has 0 saturated heterocycles. The maximum absolute atomic E-state index is 8.46. The predicted octanol–water partition coefficient (Wildman–Crippen LogP) is 0.485. The van der Waals surface area contributed by atoms with Gasteiger partial charge in [0.05, 0.1) is 6.61 Å². The van der Waals surface area contributed by atoms with Crippen molar-refractivity contribution in [1.29, 1.82) is 0 Å². The molecule has 0 aliphatic heterocycles. The van der Waals surface area contributed by atoms with Gasteiger partial charge in [0.25, 0.3) is 0 Å². The molecule has 0 fully saturated rings. The molecular weight excluding hydrogens is 257 g/mol. The van der Waals surface area contributed by atoms with Gasteiger partial charge < -0.3 is 10.4 Å². The largest absolute Gasteiger partial charge is 0.395 e. The van der Waals surface area contributed by atoms with Crippen LogP contribution in [-0.4, -0.2) is 28.2 Å². The third-order valence-electron chi connectivity index (χ3n) is 1.02. The molecule has 0 radical (unpaired) electrons. The molecule has 1 aromatic rings. The van der Waals surface area contributed by atoms with Gasteiger partial charge in [-0.3, -0.25) is 0 Å². The summed E-state index contributed by atoms with van der Waals surface area (Å²) < 4.78 is 0.997. The Bertz CT molecular complexity index is 214. The molecule has 4 nitrogen and oxygen atoms in total. The quantitative estimate of drug-likeness (QED) is 0.781. The molecule has 0 aromatic carbocycles. The van der Waals surface area contributed by atoms with Crippen molar-refractivity contribution in [2.75, 3.05) is 18.5 Å². The van der Waals surface area contributed by atoms with Crippen LogP contribution in [0.2, 0.25) is 0 Å². The molecule has 1 aromatic heterocycles. The zero-order valence-electron chi connectivity index (χ0n) is 5.79. The number of rotatable bonds is 3. The van der Waals surface area contributed by atoms with Crippen LogP contribution in [0, 0.1) is 3.57 Å². The second-order valence-electron chi connectivity index (χ2n) is 1.88. The van der Waals surface area contributed by atoms with Crippen molar-refractivity contribution in [2.45, 2.75) is 0 Å². The van der Waals surface area contributed by atoms with Gasteiger partial charge in [-0.05, 0) is 22.6 Å². The van der Waals surface area contributed by atoms with Crippen LogP contribution >= 0.6 is 22.6 Å². The van der Waals surface area contributed by atoms with Crippen molar-refractivity contribution in [3.05, 3.63) is 16.0 Å². The minimum absolute atomic E-state index is 0.0926. The van der Waals surface area contributed by atoms with E-state index in [1.807, 2.05) is 0 Å². The Morgan fingerprint density at radius 2 is 2.09 bits per heavy atom. The van der Waals surface area contributed by atoms with Crippen molar-refractivity contribution in [3.63, 3.8) is 0 Å². The summed E-state index contributed by atoms with van der Waals surface area (Å²) in [5.74, 6) is 0.555. The monoisotopic (exact) mass is 265 g/mol. The number of aliphatic hydroxyl groups is 1. The number of hydrogen-bond acceptors (Lipinski definition) is 4. The summed E-state index contributed by atoms with van der Waals surface area (Å²) in [4.78, 5) is 7.95. The lowest BCUT2D eigenvalue weighted by Crippen LogP contribution is -2.08. The summed E-state index contributed by atoms with van der Waals surface area (Å²) in [6.45, 7) is 0.579. The molecule has 1 heterocycles. The first kappa shape index (κ1) is 8.66. The van der Waals surface area contributed by atoms with Crippen molar-refractivity contribution in [2.24, 2.45) is 0 Å². The average Bonchev–Trinajstić information content (AvgIpc) is 2.04. The minimum atomic E-state index is 0.0926. The Hall–Kier alpha value is -0.430. The number of hydrogen-bond donors (Lipinski definition) is 2. The summed E-state index contributed by atoms with van der Waals surface area (Å²) in [5.41, 5.74) is 0. The van der Waals surface area contributed by atoms with Gasteiger partial charge in [0.2, 0.25) is 5.95 Å². The third-order valence-corrected chi connectivity index (χ3v) is 1.57. The average molecular weight is 265 g/mol. The van der Waals surface area contributed by atoms with Crippen LogP contribution < -0.4 is 5.32 Å². The second kappa shape index (κ2) is 4.45. The van der Waals surface area contributed by atoms with Gasteiger partial charge in [-0.25, -0.2) is 9.97 Å². The molecule has 0 aliphatic carbocycles. The Morgan fingerprint density at radius 3 is 2.64 bits per heavy atom. The van der Waals surface area contributed by atoms with E-state index >= 15 is 0 Å². The zero-order chi connectivity index (χ0) is 8.10. The standard InChI is InChI=1S/C6H8IN3O/c7-5-3-9-6(10-4-5)8-1-2-11/h3-4,11H,1-2H2,(H,8,9,10). The van der Waals surface area contributed by atoms with Crippen LogP contribution in [-0.2, 0) is 0 Å². The summed E-state index contributed by atoms with van der Waals surface area (Å²) >= 11 is 2.13. The minimum Gasteiger partial charge on any atom is -0.395 e. The molecule has 0 aliphatic rings. The summed E-state index contributed by atoms with van der Waals surface area (Å²) in [6.07, 6.45) is 3.43. The number of anilines is 1. The number of aliphatic hydroxyl groups excluding tert-OH is 1. The summed E-state index contributed by atoms with van der Waals surface area (Å²) in [6, 6.07) is 0. The maximum Gasteiger partial charge on any atom is 0.222 e. The molecular formula is C6H8IN3O. The fourth-order valence-electron chi connectivity index (χ4n) is 0.571. The molecule has 0 amide bonds. The normalized spacial score (nSPS) is 9.64. The van der Waals surface area contributed by atoms with Crippen LogP contribution in [0.15, 0.2) is 12.4 Å². The Kier molecular flexibility index (Phi) is 3.50. The van der Waals surface area contributed by atoms with Crippen LogP contribution in [0.3, 0.4) is 0 Å². The van der Waals surface area contributed by atoms with Gasteiger partial charge >= 0.3 is 0 Å². The maximum atomic E-state index is 8.46. The molecule has 2 N–H and O–H groups in total. The highest BCUT2D eigenvalue weighted by molar-refractivity contribution is 14.1. The first-order chi connectivity index (χ1) is 5.33. The fourth-order valence-corrected chi connectivity index (χ4v) is 0.850. The zero-order valence-corrected chi connectivity index (χ0v) is 7.95. The molecule has 0 spiro atoms. The van der Waals surface area contributed by atoms with E-state index in [0.717, 1.165) is 3.57 Å². The van der Waals surface area contributed by atoms with Gasteiger partial charge in [0.1, 0.15) is 0 Å². The van der Waals surface area contributed by atoms with Gasteiger partial charge in [0.15, 0.2) is 0 Å². The SMILES string of the molecule is OCCNc1ncc(I)cn1. The predicted molar refractivity (Wildman–Crippen MR) is 50.3 cm³/mol. The highest BCUT2D eigenvalue weighted by atomic mass is 127. The van der Waals surface area contributed by atoms with Crippen molar-refractivity contribution >= 4 is 28.5 Å². The molecule has 5 heteroatoms. The number of halogens is 1. The van der Waals surface area contributed by atoms with E-state index in [-0.39, 0.29) is 6.61 Å². The number of nitrogens with one attached hydrogen (secondary N) is 1. The Morgan fingerprint density at radius 1 is 1.45 bits per heavy atom. The van der Waals surface area contributed by atoms with Crippen molar-refractivity contribution < 1.29 is 5.11 Å². The fraction of sp³-hybridized carbons (Fsp3) is 0.333. The summed E-state index contributed by atoms with van der Waals surface area (Å²) in [7, 11) is 0. The molecule has 11 heavy (non-hydrogen) atoms. The van der Waals surface area contributed by atoms with E-state index in [0.29, 0.717) is 12.5 Å². The molecule has 0 unspecified atom stereocenters. The number of aromatic nitrogens is 2. The first-order valence-electron chi connectivity index (χ1n) is 3.15. The molecule has 60 valence electrons. The van der Waals surface area contributed by atoms with Crippen molar-refractivity contribution in [1.82, 2.24) is 9.97 Å². The third kappa shape index (κ3) is 2.98. The highest BCUT2D eigenvalue weighted by Gasteiger charge is 1.92. The van der Waals surface area contributed by atoms with Gasteiger partial charge in [0, 0.05) is 22.5 Å². The lowest BCUT2D eigenvalue weighted by Gasteiger charge is -2.00. The van der Waals surface area contributed by atoms with E-state index in [1.54, 1.807) is 12.4 Å². The van der Waals surface area contributed by atoms with E-state index in [1.165, 1.54) is 0 Å². The van der Waals surface area contributed by atoms with Crippen molar-refractivity contribution in [3.8, 4) is 0 Å². The van der Waals surface area contributed by atoms with Crippen LogP contribution in [0.25, 0.3) is 0 Å². The second-order valence-corrected chi connectivity index (χ2v) is 3.12. The van der Waals surface area contributed by atoms with Gasteiger partial charge in [-0.2, -0.15) is 0 Å². The Labute approximate surface area is 78.2 Å². The van der Waals surface area contributed by atoms with Gasteiger partial charge in [-0.1, -0.05) is 0 Å². The van der Waals surface area contributed by atoms with Crippen LogP contribution in [0.5, 0.6) is 0 Å². The topological polar surface area (TPSA) is 58.0 Å². The van der Waals surface area contributed by atoms with E-state index in [9.17, 15) is 0 Å². The lowest BCUT2D eigenvalue weighted by atomic mass is 10.6. The first-order valence-corrected chi connectivity index (χ1v) is 4.23. The van der Waals surface area contributed by atoms with E-state index in [4.69, 9.17) is 5.11 Å². The van der Waals surface area contributed by atoms with Crippen LogP contribution in [0.4, 0.5) is 5.95 Å². The Balaban J connectivity index is 2.52. The van der Waals surface area contributed by atoms with Gasteiger partial charge in [-0.15, -0.1) is 0 Å². The van der Waals surface area contributed by atoms with Crippen LogP contribution in [0.1, 0.15) is 0 Å². The van der Waals surface area contributed by atoms with E-state index < -0.39 is 0 Å². The number of nitrogens with zero attached hydrogens (tertiary/aromatic N) is 2. The molecule has 0 bridgehead atoms. The molecule has 1 rings (SSSR count). The highest BCUT2D eigenvalue weighted by Crippen LogP contribution is 2.01. The summed E-state index contributed by atoms with van der Waals surface area (Å²) in [5, 5.41) is 11.3.